The van der Waals surface area contributed by atoms with Crippen LogP contribution in [0.25, 0.3) is 0 Å². The molecule has 1 saturated carbocycles. The highest BCUT2D eigenvalue weighted by Crippen LogP contribution is 2.43. The summed E-state index contributed by atoms with van der Waals surface area (Å²) < 4.78 is 0. The Morgan fingerprint density at radius 3 is 2.53 bits per heavy atom. The lowest BCUT2D eigenvalue weighted by atomic mass is 9.66. The van der Waals surface area contributed by atoms with Gasteiger partial charge in [0.1, 0.15) is 0 Å². The second kappa shape index (κ2) is 5.71. The summed E-state index contributed by atoms with van der Waals surface area (Å²) in [5, 5.41) is 3.49. The number of hydrogen-bond donors (Lipinski definition) is 2. The molecular formula is C15H30N2. The lowest BCUT2D eigenvalue weighted by Crippen LogP contribution is -2.39. The molecule has 0 radical (unpaired) electrons. The molecule has 17 heavy (non-hydrogen) atoms. The van der Waals surface area contributed by atoms with Crippen molar-refractivity contribution in [3.05, 3.63) is 0 Å². The highest BCUT2D eigenvalue weighted by molar-refractivity contribution is 4.88. The molecule has 100 valence electrons. The zero-order valence-corrected chi connectivity index (χ0v) is 11.7. The molecule has 3 atom stereocenters. The Balaban J connectivity index is 1.92. The lowest BCUT2D eigenvalue weighted by Gasteiger charge is -2.42. The molecule has 2 fully saturated rings. The second-order valence-electron chi connectivity index (χ2n) is 6.77. The largest absolute Gasteiger partial charge is 0.328 e. The Labute approximate surface area is 107 Å². The van der Waals surface area contributed by atoms with E-state index in [1.165, 1.54) is 58.0 Å². The summed E-state index contributed by atoms with van der Waals surface area (Å²) in [4.78, 5) is 0. The molecule has 2 aliphatic rings. The second-order valence-corrected chi connectivity index (χ2v) is 6.77. The zero-order valence-electron chi connectivity index (χ0n) is 11.7. The highest BCUT2D eigenvalue weighted by Gasteiger charge is 2.35. The number of piperidine rings is 1. The molecule has 2 heteroatoms. The Morgan fingerprint density at radius 1 is 1.18 bits per heavy atom. The average molecular weight is 238 g/mol. The van der Waals surface area contributed by atoms with Crippen LogP contribution in [0.3, 0.4) is 0 Å². The molecule has 3 N–H and O–H groups in total. The van der Waals surface area contributed by atoms with Crippen LogP contribution in [0.5, 0.6) is 0 Å². The number of hydrogen-bond acceptors (Lipinski definition) is 2. The molecule has 0 aromatic rings. The highest BCUT2D eigenvalue weighted by atomic mass is 14.9. The first-order valence-corrected chi connectivity index (χ1v) is 7.59. The van der Waals surface area contributed by atoms with Crippen molar-refractivity contribution in [1.82, 2.24) is 5.32 Å². The number of rotatable bonds is 3. The van der Waals surface area contributed by atoms with Gasteiger partial charge in [-0.15, -0.1) is 0 Å². The number of nitrogens with one attached hydrogen (secondary N) is 1. The fourth-order valence-electron chi connectivity index (χ4n) is 4.00. The van der Waals surface area contributed by atoms with E-state index in [0.717, 1.165) is 11.8 Å². The molecule has 1 aliphatic heterocycles. The molecular weight excluding hydrogens is 208 g/mol. The minimum Gasteiger partial charge on any atom is -0.328 e. The van der Waals surface area contributed by atoms with Crippen molar-refractivity contribution in [2.45, 2.75) is 64.8 Å². The standard InChI is InChI=1S/C15H30N2/c1-3-12-10-14(16)5-4-13(12)11-15(2)6-8-17-9-7-15/h12-14,17H,3-11,16H2,1-2H3. The topological polar surface area (TPSA) is 38.0 Å². The summed E-state index contributed by atoms with van der Waals surface area (Å²) in [6.07, 6.45) is 9.41. The molecule has 1 saturated heterocycles. The molecule has 2 rings (SSSR count). The molecule has 1 heterocycles. The Bertz CT molecular complexity index is 233. The monoisotopic (exact) mass is 238 g/mol. The Kier molecular flexibility index (Phi) is 4.48. The van der Waals surface area contributed by atoms with Crippen LogP contribution in [-0.4, -0.2) is 19.1 Å². The van der Waals surface area contributed by atoms with E-state index >= 15 is 0 Å². The fourth-order valence-corrected chi connectivity index (χ4v) is 4.00. The maximum Gasteiger partial charge on any atom is 0.00416 e. The van der Waals surface area contributed by atoms with E-state index in [9.17, 15) is 0 Å². The third-order valence-corrected chi connectivity index (χ3v) is 5.27. The van der Waals surface area contributed by atoms with Crippen LogP contribution in [0, 0.1) is 17.3 Å². The molecule has 2 nitrogen and oxygen atoms in total. The molecule has 0 aromatic heterocycles. The van der Waals surface area contributed by atoms with Crippen molar-refractivity contribution in [3.63, 3.8) is 0 Å². The van der Waals surface area contributed by atoms with Gasteiger partial charge in [0.2, 0.25) is 0 Å². The van der Waals surface area contributed by atoms with Crippen molar-refractivity contribution in [2.75, 3.05) is 13.1 Å². The molecule has 3 unspecified atom stereocenters. The van der Waals surface area contributed by atoms with E-state index in [2.05, 4.69) is 19.2 Å². The van der Waals surface area contributed by atoms with Crippen LogP contribution < -0.4 is 11.1 Å². The minimum absolute atomic E-state index is 0.483. The summed E-state index contributed by atoms with van der Waals surface area (Å²) in [5.74, 6) is 1.84. The van der Waals surface area contributed by atoms with Gasteiger partial charge in [-0.2, -0.15) is 0 Å². The van der Waals surface area contributed by atoms with Crippen LogP contribution in [0.15, 0.2) is 0 Å². The first kappa shape index (κ1) is 13.4. The van der Waals surface area contributed by atoms with Gasteiger partial charge in [0.05, 0.1) is 0 Å². The van der Waals surface area contributed by atoms with Crippen molar-refractivity contribution >= 4 is 0 Å². The molecule has 0 aromatic carbocycles. The summed E-state index contributed by atoms with van der Waals surface area (Å²) in [5.41, 5.74) is 6.72. The van der Waals surface area contributed by atoms with Crippen molar-refractivity contribution < 1.29 is 0 Å². The minimum atomic E-state index is 0.483. The zero-order chi connectivity index (χ0) is 12.3. The molecule has 0 spiro atoms. The van der Waals surface area contributed by atoms with E-state index in [1.807, 2.05) is 0 Å². The Hall–Kier alpha value is -0.0800. The van der Waals surface area contributed by atoms with Gasteiger partial charge in [0.15, 0.2) is 0 Å². The first-order valence-electron chi connectivity index (χ1n) is 7.59. The van der Waals surface area contributed by atoms with Crippen molar-refractivity contribution in [3.8, 4) is 0 Å². The normalized spacial score (nSPS) is 37.9. The summed E-state index contributed by atoms with van der Waals surface area (Å²) in [6, 6.07) is 0.483. The van der Waals surface area contributed by atoms with Crippen LogP contribution in [0.2, 0.25) is 0 Å². The molecule has 0 amide bonds. The van der Waals surface area contributed by atoms with Gasteiger partial charge in [-0.1, -0.05) is 20.3 Å². The van der Waals surface area contributed by atoms with Gasteiger partial charge in [-0.25, -0.2) is 0 Å². The average Bonchev–Trinajstić information content (AvgIpc) is 2.32. The smallest absolute Gasteiger partial charge is 0.00416 e. The maximum atomic E-state index is 6.12. The summed E-state index contributed by atoms with van der Waals surface area (Å²) in [7, 11) is 0. The van der Waals surface area contributed by atoms with E-state index in [0.29, 0.717) is 11.5 Å². The maximum absolute atomic E-state index is 6.12. The molecule has 0 bridgehead atoms. The lowest BCUT2D eigenvalue weighted by molar-refractivity contribution is 0.108. The van der Waals surface area contributed by atoms with Crippen LogP contribution >= 0.6 is 0 Å². The van der Waals surface area contributed by atoms with E-state index in [-0.39, 0.29) is 0 Å². The summed E-state index contributed by atoms with van der Waals surface area (Å²) in [6.45, 7) is 7.30. The fraction of sp³-hybridized carbons (Fsp3) is 1.00. The van der Waals surface area contributed by atoms with E-state index in [1.54, 1.807) is 0 Å². The van der Waals surface area contributed by atoms with Crippen molar-refractivity contribution in [1.29, 1.82) is 0 Å². The SMILES string of the molecule is CCC1CC(N)CCC1CC1(C)CCNCC1. The quantitative estimate of drug-likeness (QED) is 0.793. The van der Waals surface area contributed by atoms with Crippen LogP contribution in [-0.2, 0) is 0 Å². The van der Waals surface area contributed by atoms with Gasteiger partial charge in [0, 0.05) is 6.04 Å². The third-order valence-electron chi connectivity index (χ3n) is 5.27. The first-order chi connectivity index (χ1) is 8.13. The Morgan fingerprint density at radius 2 is 1.88 bits per heavy atom. The van der Waals surface area contributed by atoms with Gasteiger partial charge in [-0.3, -0.25) is 0 Å². The van der Waals surface area contributed by atoms with Gasteiger partial charge < -0.3 is 11.1 Å². The summed E-state index contributed by atoms with van der Waals surface area (Å²) >= 11 is 0. The van der Waals surface area contributed by atoms with E-state index in [4.69, 9.17) is 5.73 Å². The van der Waals surface area contributed by atoms with Gasteiger partial charge in [-0.05, 0) is 68.9 Å². The van der Waals surface area contributed by atoms with Crippen LogP contribution in [0.4, 0.5) is 0 Å². The van der Waals surface area contributed by atoms with Gasteiger partial charge in [0.25, 0.3) is 0 Å². The predicted octanol–water partition coefficient (Wildman–Crippen LogP) is 2.92. The van der Waals surface area contributed by atoms with Gasteiger partial charge >= 0.3 is 0 Å². The predicted molar refractivity (Wildman–Crippen MR) is 73.9 cm³/mol. The van der Waals surface area contributed by atoms with Crippen molar-refractivity contribution in [2.24, 2.45) is 23.0 Å². The molecule has 1 aliphatic carbocycles. The van der Waals surface area contributed by atoms with Crippen LogP contribution in [0.1, 0.15) is 58.8 Å². The number of nitrogens with two attached hydrogens (primary N) is 1. The third kappa shape index (κ3) is 3.45. The van der Waals surface area contributed by atoms with E-state index < -0.39 is 0 Å².